The van der Waals surface area contributed by atoms with Crippen LogP contribution < -0.4 is 10.3 Å². The molecule has 0 aliphatic rings. The van der Waals surface area contributed by atoms with Gasteiger partial charge in [0, 0.05) is 17.6 Å². The molecule has 0 saturated heterocycles. The van der Waals surface area contributed by atoms with Gasteiger partial charge in [-0.15, -0.1) is 0 Å². The van der Waals surface area contributed by atoms with Crippen LogP contribution in [0.15, 0.2) is 35.1 Å². The van der Waals surface area contributed by atoms with Gasteiger partial charge in [0.15, 0.2) is 5.69 Å². The van der Waals surface area contributed by atoms with Crippen molar-refractivity contribution in [3.8, 4) is 5.75 Å². The molecule has 0 radical (unpaired) electrons. The van der Waals surface area contributed by atoms with E-state index in [-0.39, 0.29) is 22.0 Å². The van der Waals surface area contributed by atoms with Gasteiger partial charge >= 0.3 is 5.97 Å². The van der Waals surface area contributed by atoms with Crippen LogP contribution >= 0.6 is 23.2 Å². The number of aromatic nitrogens is 2. The highest BCUT2D eigenvalue weighted by atomic mass is 35.5. The molecule has 22 heavy (non-hydrogen) atoms. The Bertz CT molecular complexity index is 744. The van der Waals surface area contributed by atoms with Crippen molar-refractivity contribution in [1.82, 2.24) is 9.78 Å². The molecule has 1 aromatic heterocycles. The molecule has 0 unspecified atom stereocenters. The Labute approximate surface area is 137 Å². The summed E-state index contributed by atoms with van der Waals surface area (Å²) >= 11 is 11.7. The van der Waals surface area contributed by atoms with Crippen molar-refractivity contribution in [2.45, 2.75) is 26.3 Å². The fourth-order valence-electron chi connectivity index (χ4n) is 1.74. The quantitative estimate of drug-likeness (QED) is 0.616. The Morgan fingerprint density at radius 1 is 1.27 bits per heavy atom. The second kappa shape index (κ2) is 7.42. The summed E-state index contributed by atoms with van der Waals surface area (Å²) in [6.07, 6.45) is 1.72. The molecule has 0 amide bonds. The number of ether oxygens (including phenoxy) is 1. The van der Waals surface area contributed by atoms with E-state index in [4.69, 9.17) is 27.9 Å². The van der Waals surface area contributed by atoms with Crippen LogP contribution in [-0.2, 0) is 6.54 Å². The maximum Gasteiger partial charge on any atom is 0.364 e. The highest BCUT2D eigenvalue weighted by molar-refractivity contribution is 6.35. The van der Waals surface area contributed by atoms with Gasteiger partial charge in [-0.25, -0.2) is 9.48 Å². The molecule has 0 spiro atoms. The number of carbonyl (C=O) groups excluding carboxylic acids is 1. The fraction of sp³-hybridized carbons (Fsp3) is 0.267. The molecular formula is C15H14Cl2N2O3. The van der Waals surface area contributed by atoms with Crippen LogP contribution in [0, 0.1) is 0 Å². The zero-order chi connectivity index (χ0) is 16.1. The number of aryl methyl sites for hydroxylation is 1. The lowest BCUT2D eigenvalue weighted by Crippen LogP contribution is -2.25. The van der Waals surface area contributed by atoms with Crippen LogP contribution in [0.4, 0.5) is 0 Å². The van der Waals surface area contributed by atoms with Gasteiger partial charge in [0.1, 0.15) is 5.75 Å². The molecule has 7 heteroatoms. The number of nitrogens with zero attached hydrogens (tertiary/aromatic N) is 2. The van der Waals surface area contributed by atoms with Gasteiger partial charge in [0.25, 0.3) is 5.56 Å². The highest BCUT2D eigenvalue weighted by Crippen LogP contribution is 2.27. The molecule has 116 valence electrons. The van der Waals surface area contributed by atoms with Crippen molar-refractivity contribution in [1.29, 1.82) is 0 Å². The predicted octanol–water partition coefficient (Wildman–Crippen LogP) is 3.57. The molecule has 1 aromatic carbocycles. The van der Waals surface area contributed by atoms with Gasteiger partial charge in [0.05, 0.1) is 5.02 Å². The normalized spacial score (nSPS) is 10.5. The molecule has 0 N–H and O–H groups in total. The van der Waals surface area contributed by atoms with E-state index in [1.165, 1.54) is 28.9 Å². The summed E-state index contributed by atoms with van der Waals surface area (Å²) in [6.45, 7) is 2.46. The molecule has 0 aliphatic carbocycles. The summed E-state index contributed by atoms with van der Waals surface area (Å²) in [7, 11) is 0. The first-order chi connectivity index (χ1) is 10.5. The Balaban J connectivity index is 2.20. The van der Waals surface area contributed by atoms with Crippen LogP contribution in [0.25, 0.3) is 0 Å². The molecule has 0 atom stereocenters. The Morgan fingerprint density at radius 2 is 2.05 bits per heavy atom. The van der Waals surface area contributed by atoms with Crippen LogP contribution in [0.3, 0.4) is 0 Å². The van der Waals surface area contributed by atoms with Crippen LogP contribution in [0.1, 0.15) is 30.3 Å². The number of rotatable bonds is 5. The monoisotopic (exact) mass is 340 g/mol. The molecule has 2 aromatic rings. The van der Waals surface area contributed by atoms with E-state index in [1.54, 1.807) is 6.07 Å². The van der Waals surface area contributed by atoms with Crippen molar-refractivity contribution in [3.05, 3.63) is 56.4 Å². The second-order valence-corrected chi connectivity index (χ2v) is 5.44. The van der Waals surface area contributed by atoms with E-state index < -0.39 is 5.97 Å². The van der Waals surface area contributed by atoms with Gasteiger partial charge in [-0.05, 0) is 30.7 Å². The minimum atomic E-state index is -0.686. The minimum Gasteiger partial charge on any atom is -0.420 e. The van der Waals surface area contributed by atoms with Crippen LogP contribution in [-0.4, -0.2) is 15.7 Å². The Kier molecular flexibility index (Phi) is 5.57. The first kappa shape index (κ1) is 16.5. The maximum atomic E-state index is 12.1. The van der Waals surface area contributed by atoms with Gasteiger partial charge in [-0.3, -0.25) is 4.79 Å². The third kappa shape index (κ3) is 4.08. The van der Waals surface area contributed by atoms with E-state index in [1.807, 2.05) is 6.92 Å². The summed E-state index contributed by atoms with van der Waals surface area (Å²) in [6, 6.07) is 7.16. The lowest BCUT2D eigenvalue weighted by molar-refractivity contribution is 0.0725. The first-order valence-electron chi connectivity index (χ1n) is 6.76. The van der Waals surface area contributed by atoms with Crippen molar-refractivity contribution in [2.75, 3.05) is 0 Å². The molecule has 1 heterocycles. The smallest absolute Gasteiger partial charge is 0.364 e. The fourth-order valence-corrected chi connectivity index (χ4v) is 2.18. The third-order valence-electron chi connectivity index (χ3n) is 2.90. The molecule has 2 rings (SSSR count). The Morgan fingerprint density at radius 3 is 2.73 bits per heavy atom. The third-order valence-corrected chi connectivity index (χ3v) is 3.43. The first-order valence-corrected chi connectivity index (χ1v) is 7.52. The van der Waals surface area contributed by atoms with Gasteiger partial charge in [0.2, 0.25) is 0 Å². The predicted molar refractivity (Wildman–Crippen MR) is 84.8 cm³/mol. The standard InChI is InChI=1S/C15H14Cl2N2O3/c1-2-3-8-19-14(20)7-5-12(18-19)15(21)22-13-6-4-10(16)9-11(13)17/h4-7,9H,2-3,8H2,1H3. The summed E-state index contributed by atoms with van der Waals surface area (Å²) in [5.41, 5.74) is -0.212. The molecule has 0 bridgehead atoms. The van der Waals surface area contributed by atoms with Crippen molar-refractivity contribution >= 4 is 29.2 Å². The molecular weight excluding hydrogens is 327 g/mol. The van der Waals surface area contributed by atoms with E-state index in [0.29, 0.717) is 11.6 Å². The average molecular weight is 341 g/mol. The van der Waals surface area contributed by atoms with Crippen molar-refractivity contribution < 1.29 is 9.53 Å². The lowest BCUT2D eigenvalue weighted by Gasteiger charge is -2.08. The number of unbranched alkanes of at least 4 members (excludes halogenated alkanes) is 1. The summed E-state index contributed by atoms with van der Waals surface area (Å²) in [4.78, 5) is 23.8. The highest BCUT2D eigenvalue weighted by Gasteiger charge is 2.14. The maximum absolute atomic E-state index is 12.1. The second-order valence-electron chi connectivity index (χ2n) is 4.60. The Hall–Kier alpha value is -1.85. The van der Waals surface area contributed by atoms with Crippen LogP contribution in [0.2, 0.25) is 10.0 Å². The summed E-state index contributed by atoms with van der Waals surface area (Å²) < 4.78 is 6.43. The average Bonchev–Trinajstić information content (AvgIpc) is 2.49. The van der Waals surface area contributed by atoms with E-state index in [2.05, 4.69) is 5.10 Å². The van der Waals surface area contributed by atoms with E-state index in [9.17, 15) is 9.59 Å². The zero-order valence-electron chi connectivity index (χ0n) is 11.9. The molecule has 0 saturated carbocycles. The topological polar surface area (TPSA) is 61.2 Å². The molecule has 0 aliphatic heterocycles. The van der Waals surface area contributed by atoms with E-state index >= 15 is 0 Å². The minimum absolute atomic E-state index is 0.0433. The number of carbonyl (C=O) groups is 1. The van der Waals surface area contributed by atoms with Crippen molar-refractivity contribution in [2.24, 2.45) is 0 Å². The van der Waals surface area contributed by atoms with Crippen molar-refractivity contribution in [3.63, 3.8) is 0 Å². The number of benzene rings is 1. The summed E-state index contributed by atoms with van der Waals surface area (Å²) in [5, 5.41) is 4.68. The van der Waals surface area contributed by atoms with Gasteiger partial charge in [-0.1, -0.05) is 36.5 Å². The SMILES string of the molecule is CCCCn1nc(C(=O)Oc2ccc(Cl)cc2Cl)ccc1=O. The van der Waals surface area contributed by atoms with E-state index in [0.717, 1.165) is 12.8 Å². The molecule has 0 fully saturated rings. The zero-order valence-corrected chi connectivity index (χ0v) is 13.4. The largest absolute Gasteiger partial charge is 0.420 e. The number of esters is 1. The molecule has 5 nitrogen and oxygen atoms in total. The lowest BCUT2D eigenvalue weighted by atomic mass is 10.3. The summed E-state index contributed by atoms with van der Waals surface area (Å²) in [5.74, 6) is -0.501. The van der Waals surface area contributed by atoms with Crippen LogP contribution in [0.5, 0.6) is 5.75 Å². The number of halogens is 2. The van der Waals surface area contributed by atoms with Gasteiger partial charge in [-0.2, -0.15) is 5.10 Å². The number of hydrogen-bond acceptors (Lipinski definition) is 4. The number of hydrogen-bond donors (Lipinski definition) is 0. The van der Waals surface area contributed by atoms with Gasteiger partial charge < -0.3 is 4.74 Å².